The standard InChI is InChI=1S/C17H18ClNO4/c1-4-23-12-7-5-11(6-8-12)17(20)19-14-10-15(21-2)13(18)9-16(14)22-3/h5-10H,4H2,1-3H3,(H,19,20). The molecule has 0 bridgehead atoms. The molecule has 1 N–H and O–H groups in total. The van der Waals surface area contributed by atoms with Crippen molar-refractivity contribution in [2.75, 3.05) is 26.1 Å². The van der Waals surface area contributed by atoms with Crippen LogP contribution in [0.15, 0.2) is 36.4 Å². The van der Waals surface area contributed by atoms with E-state index in [4.69, 9.17) is 25.8 Å². The Balaban J connectivity index is 2.22. The van der Waals surface area contributed by atoms with Crippen molar-refractivity contribution >= 4 is 23.2 Å². The van der Waals surface area contributed by atoms with Gasteiger partial charge in [0.1, 0.15) is 17.2 Å². The van der Waals surface area contributed by atoms with Gasteiger partial charge in [-0.3, -0.25) is 4.79 Å². The molecule has 0 aliphatic rings. The Kier molecular flexibility index (Phi) is 5.71. The first-order valence-corrected chi connectivity index (χ1v) is 7.42. The zero-order valence-electron chi connectivity index (χ0n) is 13.2. The van der Waals surface area contributed by atoms with E-state index >= 15 is 0 Å². The number of benzene rings is 2. The van der Waals surface area contributed by atoms with Crippen LogP contribution in [0, 0.1) is 0 Å². The van der Waals surface area contributed by atoms with Gasteiger partial charge in [-0.2, -0.15) is 0 Å². The van der Waals surface area contributed by atoms with Crippen LogP contribution in [0.1, 0.15) is 17.3 Å². The summed E-state index contributed by atoms with van der Waals surface area (Å²) < 4.78 is 15.8. The van der Waals surface area contributed by atoms with E-state index in [0.717, 1.165) is 5.75 Å². The number of hydrogen-bond acceptors (Lipinski definition) is 4. The highest BCUT2D eigenvalue weighted by Gasteiger charge is 2.13. The van der Waals surface area contributed by atoms with Crippen molar-refractivity contribution in [3.8, 4) is 17.2 Å². The molecule has 0 radical (unpaired) electrons. The predicted molar refractivity (Wildman–Crippen MR) is 90.1 cm³/mol. The van der Waals surface area contributed by atoms with E-state index in [2.05, 4.69) is 5.32 Å². The van der Waals surface area contributed by atoms with Crippen LogP contribution in [0.4, 0.5) is 5.69 Å². The fraction of sp³-hybridized carbons (Fsp3) is 0.235. The molecule has 0 aliphatic heterocycles. The second-order valence-electron chi connectivity index (χ2n) is 4.60. The molecular weight excluding hydrogens is 318 g/mol. The first-order valence-electron chi connectivity index (χ1n) is 7.04. The molecule has 23 heavy (non-hydrogen) atoms. The summed E-state index contributed by atoms with van der Waals surface area (Å²) in [6.07, 6.45) is 0. The smallest absolute Gasteiger partial charge is 0.255 e. The maximum absolute atomic E-state index is 12.4. The van der Waals surface area contributed by atoms with Crippen molar-refractivity contribution in [1.29, 1.82) is 0 Å². The maximum Gasteiger partial charge on any atom is 0.255 e. The molecule has 122 valence electrons. The molecule has 0 heterocycles. The summed E-state index contributed by atoms with van der Waals surface area (Å²) in [5, 5.41) is 3.19. The molecule has 0 atom stereocenters. The lowest BCUT2D eigenvalue weighted by atomic mass is 10.2. The second kappa shape index (κ2) is 7.74. The highest BCUT2D eigenvalue weighted by atomic mass is 35.5. The number of hydrogen-bond donors (Lipinski definition) is 1. The zero-order chi connectivity index (χ0) is 16.8. The lowest BCUT2D eigenvalue weighted by Crippen LogP contribution is -2.12. The lowest BCUT2D eigenvalue weighted by molar-refractivity contribution is 0.102. The largest absolute Gasteiger partial charge is 0.495 e. The van der Waals surface area contributed by atoms with Gasteiger partial charge in [-0.05, 0) is 31.2 Å². The lowest BCUT2D eigenvalue weighted by Gasteiger charge is -2.13. The van der Waals surface area contributed by atoms with Gasteiger partial charge in [-0.1, -0.05) is 11.6 Å². The number of carbonyl (C=O) groups is 1. The third kappa shape index (κ3) is 4.07. The summed E-state index contributed by atoms with van der Waals surface area (Å²) in [6, 6.07) is 10.1. The van der Waals surface area contributed by atoms with Gasteiger partial charge >= 0.3 is 0 Å². The van der Waals surface area contributed by atoms with E-state index in [1.807, 2.05) is 6.92 Å². The van der Waals surface area contributed by atoms with Crippen molar-refractivity contribution in [3.63, 3.8) is 0 Å². The van der Waals surface area contributed by atoms with Crippen molar-refractivity contribution in [1.82, 2.24) is 0 Å². The van der Waals surface area contributed by atoms with E-state index in [-0.39, 0.29) is 5.91 Å². The molecule has 0 saturated carbocycles. The third-order valence-electron chi connectivity index (χ3n) is 3.15. The van der Waals surface area contributed by atoms with E-state index in [9.17, 15) is 4.79 Å². The molecule has 2 aromatic carbocycles. The van der Waals surface area contributed by atoms with Crippen molar-refractivity contribution < 1.29 is 19.0 Å². The normalized spacial score (nSPS) is 10.1. The molecule has 0 aromatic heterocycles. The van der Waals surface area contributed by atoms with Crippen LogP contribution in [0.5, 0.6) is 17.2 Å². The molecule has 0 unspecified atom stereocenters. The Morgan fingerprint density at radius 2 is 1.74 bits per heavy atom. The number of rotatable bonds is 6. The molecule has 5 nitrogen and oxygen atoms in total. The first kappa shape index (κ1) is 17.0. The average Bonchev–Trinajstić information content (AvgIpc) is 2.56. The minimum atomic E-state index is -0.268. The van der Waals surface area contributed by atoms with Crippen LogP contribution < -0.4 is 19.5 Å². The number of anilines is 1. The van der Waals surface area contributed by atoms with Gasteiger partial charge in [-0.25, -0.2) is 0 Å². The molecule has 0 spiro atoms. The van der Waals surface area contributed by atoms with E-state index in [1.165, 1.54) is 14.2 Å². The SMILES string of the molecule is CCOc1ccc(C(=O)Nc2cc(OC)c(Cl)cc2OC)cc1. The zero-order valence-corrected chi connectivity index (χ0v) is 13.9. The van der Waals surface area contributed by atoms with Crippen LogP contribution in [0.25, 0.3) is 0 Å². The number of methoxy groups -OCH3 is 2. The van der Waals surface area contributed by atoms with Gasteiger partial charge in [0.2, 0.25) is 0 Å². The van der Waals surface area contributed by atoms with Crippen molar-refractivity contribution in [2.24, 2.45) is 0 Å². The van der Waals surface area contributed by atoms with E-state index in [1.54, 1.807) is 36.4 Å². The average molecular weight is 336 g/mol. The van der Waals surface area contributed by atoms with Gasteiger partial charge in [0.25, 0.3) is 5.91 Å². The number of carbonyl (C=O) groups excluding carboxylic acids is 1. The van der Waals surface area contributed by atoms with Crippen molar-refractivity contribution in [3.05, 3.63) is 47.0 Å². The molecule has 0 fully saturated rings. The summed E-state index contributed by atoms with van der Waals surface area (Å²) in [6.45, 7) is 2.48. The molecule has 2 rings (SSSR count). The number of halogens is 1. The number of amides is 1. The Bertz CT molecular complexity index is 686. The topological polar surface area (TPSA) is 56.8 Å². The van der Waals surface area contributed by atoms with Crippen LogP contribution in [-0.2, 0) is 0 Å². The van der Waals surface area contributed by atoms with Gasteiger partial charge in [0.05, 0.1) is 31.5 Å². The van der Waals surface area contributed by atoms with Crippen LogP contribution >= 0.6 is 11.6 Å². The summed E-state index contributed by atoms with van der Waals surface area (Å²) in [5.41, 5.74) is 0.983. The Morgan fingerprint density at radius 3 is 2.30 bits per heavy atom. The maximum atomic E-state index is 12.4. The van der Waals surface area contributed by atoms with Gasteiger partial charge in [-0.15, -0.1) is 0 Å². The monoisotopic (exact) mass is 335 g/mol. The minimum absolute atomic E-state index is 0.268. The molecule has 0 saturated heterocycles. The number of ether oxygens (including phenoxy) is 3. The van der Waals surface area contributed by atoms with Gasteiger partial charge in [0, 0.05) is 17.7 Å². The third-order valence-corrected chi connectivity index (χ3v) is 3.45. The van der Waals surface area contributed by atoms with Gasteiger partial charge < -0.3 is 19.5 Å². The second-order valence-corrected chi connectivity index (χ2v) is 5.01. The molecule has 1 amide bonds. The first-order chi connectivity index (χ1) is 11.1. The summed E-state index contributed by atoms with van der Waals surface area (Å²) in [5.74, 6) is 1.36. The fourth-order valence-corrected chi connectivity index (χ4v) is 2.25. The molecule has 0 aliphatic carbocycles. The molecule has 2 aromatic rings. The Morgan fingerprint density at radius 1 is 1.09 bits per heavy atom. The highest BCUT2D eigenvalue weighted by Crippen LogP contribution is 2.36. The quantitative estimate of drug-likeness (QED) is 0.866. The number of nitrogens with one attached hydrogen (secondary N) is 1. The van der Waals surface area contributed by atoms with E-state index in [0.29, 0.717) is 34.4 Å². The van der Waals surface area contributed by atoms with Crippen LogP contribution in [0.3, 0.4) is 0 Å². The van der Waals surface area contributed by atoms with Gasteiger partial charge in [0.15, 0.2) is 0 Å². The minimum Gasteiger partial charge on any atom is -0.495 e. The molecule has 6 heteroatoms. The predicted octanol–water partition coefficient (Wildman–Crippen LogP) is 4.01. The fourth-order valence-electron chi connectivity index (χ4n) is 2.02. The Hall–Kier alpha value is -2.40. The Labute approximate surface area is 140 Å². The van der Waals surface area contributed by atoms with E-state index < -0.39 is 0 Å². The van der Waals surface area contributed by atoms with Crippen LogP contribution in [0.2, 0.25) is 5.02 Å². The summed E-state index contributed by atoms with van der Waals surface area (Å²) in [7, 11) is 3.01. The highest BCUT2D eigenvalue weighted by molar-refractivity contribution is 6.32. The summed E-state index contributed by atoms with van der Waals surface area (Å²) in [4.78, 5) is 12.4. The van der Waals surface area contributed by atoms with Crippen molar-refractivity contribution in [2.45, 2.75) is 6.92 Å². The van der Waals surface area contributed by atoms with Crippen LogP contribution in [-0.4, -0.2) is 26.7 Å². The molecular formula is C17H18ClNO4. The summed E-state index contributed by atoms with van der Waals surface area (Å²) >= 11 is 6.05.